The normalized spacial score (nSPS) is 20.6. The second-order valence-electron chi connectivity index (χ2n) is 18.9. The third kappa shape index (κ3) is 17.7. The fraction of sp³-hybridized carbons (Fsp3) is 0.509. The number of hydrogen-bond acceptors (Lipinski definition) is 11. The van der Waals surface area contributed by atoms with Gasteiger partial charge in [0, 0.05) is 19.3 Å². The molecule has 0 fully saturated rings. The first kappa shape index (κ1) is 56.6. The summed E-state index contributed by atoms with van der Waals surface area (Å²) in [6, 6.07) is 0. The zero-order valence-corrected chi connectivity index (χ0v) is 40.8. The number of aliphatic carboxylic acids is 1. The van der Waals surface area contributed by atoms with Gasteiger partial charge in [0.1, 0.15) is 5.54 Å². The first-order valence-corrected chi connectivity index (χ1v) is 22.5. The number of ether oxygens (including phenoxy) is 2. The minimum atomic E-state index is -1.60. The van der Waals surface area contributed by atoms with Crippen molar-refractivity contribution in [3.63, 3.8) is 0 Å². The molecule has 0 aromatic carbocycles. The van der Waals surface area contributed by atoms with Crippen molar-refractivity contribution in [2.45, 2.75) is 139 Å². The van der Waals surface area contributed by atoms with Crippen molar-refractivity contribution in [3.8, 4) is 0 Å². The molecule has 0 spiro atoms. The van der Waals surface area contributed by atoms with Crippen LogP contribution in [0.15, 0.2) is 117 Å². The Morgan fingerprint density at radius 3 is 1.65 bits per heavy atom. The molecule has 66 heavy (non-hydrogen) atoms. The van der Waals surface area contributed by atoms with Crippen molar-refractivity contribution < 1.29 is 58.7 Å². The zero-order chi connectivity index (χ0) is 50.0. The number of rotatable bonds is 23. The number of carboxylic acid groups (broad SMARTS) is 1. The molecule has 13 nitrogen and oxygen atoms in total. The molecule has 362 valence electrons. The number of amides is 1. The molecule has 0 heterocycles. The first-order valence-electron chi connectivity index (χ1n) is 22.5. The van der Waals surface area contributed by atoms with Gasteiger partial charge in [-0.3, -0.25) is 28.8 Å². The fourth-order valence-corrected chi connectivity index (χ4v) is 8.33. The van der Waals surface area contributed by atoms with E-state index in [4.69, 9.17) is 14.6 Å². The van der Waals surface area contributed by atoms with E-state index in [1.54, 1.807) is 13.8 Å². The lowest BCUT2D eigenvalue weighted by Crippen LogP contribution is -2.57. The van der Waals surface area contributed by atoms with E-state index in [0.29, 0.717) is 24.0 Å². The quantitative estimate of drug-likeness (QED) is 0.0488. The molecule has 13 heteroatoms. The van der Waals surface area contributed by atoms with E-state index in [2.05, 4.69) is 25.2 Å². The van der Waals surface area contributed by atoms with E-state index < -0.39 is 72.2 Å². The average molecular weight is 916 g/mol. The summed E-state index contributed by atoms with van der Waals surface area (Å²) >= 11 is 0. The molecule has 0 aliphatic heterocycles. The van der Waals surface area contributed by atoms with Crippen LogP contribution in [-0.2, 0) is 38.2 Å². The Morgan fingerprint density at radius 1 is 0.682 bits per heavy atom. The zero-order valence-electron chi connectivity index (χ0n) is 40.8. The second-order valence-corrected chi connectivity index (χ2v) is 18.9. The van der Waals surface area contributed by atoms with Crippen molar-refractivity contribution in [2.24, 2.45) is 16.7 Å². The van der Waals surface area contributed by atoms with Crippen molar-refractivity contribution >= 4 is 35.4 Å². The molecule has 0 aromatic heterocycles. The smallest absolute Gasteiger partial charge is 0.307 e. The Balaban J connectivity index is 1.96. The maximum atomic E-state index is 13.4. The molecule has 3 unspecified atom stereocenters. The van der Waals surface area contributed by atoms with Crippen LogP contribution in [0, 0.1) is 16.7 Å². The monoisotopic (exact) mass is 916 g/mol. The first-order chi connectivity index (χ1) is 30.8. The minimum absolute atomic E-state index is 0.0522. The van der Waals surface area contributed by atoms with E-state index >= 15 is 0 Å². The predicted molar refractivity (Wildman–Crippen MR) is 256 cm³/mol. The van der Waals surface area contributed by atoms with Gasteiger partial charge in [0.05, 0.1) is 39.1 Å². The number of aliphatic hydroxyl groups is 3. The van der Waals surface area contributed by atoms with Gasteiger partial charge in [-0.1, -0.05) is 135 Å². The Labute approximate surface area is 391 Å². The van der Waals surface area contributed by atoms with E-state index in [1.807, 2.05) is 115 Å². The third-order valence-corrected chi connectivity index (χ3v) is 11.9. The van der Waals surface area contributed by atoms with Gasteiger partial charge in [-0.15, -0.1) is 0 Å². The summed E-state index contributed by atoms with van der Waals surface area (Å²) in [5.74, 6) is -3.63. The molecular weight excluding hydrogens is 843 g/mol. The maximum absolute atomic E-state index is 13.4. The van der Waals surface area contributed by atoms with E-state index in [-0.39, 0.29) is 43.2 Å². The summed E-state index contributed by atoms with van der Waals surface area (Å²) in [7, 11) is 0. The molecule has 1 amide bonds. The number of carboxylic acids is 1. The topological polar surface area (TPSA) is 214 Å². The van der Waals surface area contributed by atoms with Crippen LogP contribution in [0.25, 0.3) is 0 Å². The van der Waals surface area contributed by atoms with Crippen LogP contribution < -0.4 is 5.32 Å². The Bertz CT molecular complexity index is 2120. The van der Waals surface area contributed by atoms with Gasteiger partial charge in [0.2, 0.25) is 5.91 Å². The van der Waals surface area contributed by atoms with E-state index in [9.17, 15) is 44.1 Å². The molecule has 0 saturated heterocycles. The van der Waals surface area contributed by atoms with Crippen molar-refractivity contribution in [1.82, 2.24) is 5.32 Å². The van der Waals surface area contributed by atoms with Gasteiger partial charge >= 0.3 is 17.9 Å². The summed E-state index contributed by atoms with van der Waals surface area (Å²) in [4.78, 5) is 74.3. The van der Waals surface area contributed by atoms with Crippen LogP contribution in [0.1, 0.15) is 121 Å². The summed E-state index contributed by atoms with van der Waals surface area (Å²) in [6.45, 7) is 19.6. The summed E-state index contributed by atoms with van der Waals surface area (Å²) < 4.78 is 10.9. The summed E-state index contributed by atoms with van der Waals surface area (Å²) in [5.41, 5.74) is 4.74. The van der Waals surface area contributed by atoms with Gasteiger partial charge in [-0.2, -0.15) is 0 Å². The molecule has 0 aromatic rings. The van der Waals surface area contributed by atoms with Crippen LogP contribution in [0.5, 0.6) is 0 Å². The van der Waals surface area contributed by atoms with Crippen LogP contribution in [0.2, 0.25) is 0 Å². The number of carbonyl (C=O) groups excluding carboxylic acids is 5. The van der Waals surface area contributed by atoms with Gasteiger partial charge in [-0.25, -0.2) is 0 Å². The SMILES string of the molecule is CC1=C(/C=C/C(C)=C/C=C/C(C)=C/C=C/C=C(C)/C=C/C=C(\C)CC(C)C2=C(C)C(=O)C(OC(=O)CCC(=O)NC(CO)(CO)CO)CC2(C)C)C(C)(C)CC(OC(=O)CCC(=O)O)C1=O. The highest BCUT2D eigenvalue weighted by Crippen LogP contribution is 2.45. The number of carbonyl (C=O) groups is 6. The number of Topliss-reactive ketones (excluding diaryl/α,β-unsaturated/α-hetero) is 2. The molecule has 0 bridgehead atoms. The number of allylic oxidation sites excluding steroid dienone is 18. The standard InChI is InChI=1S/C53H73NO12/c1-34(18-14-20-36(3)22-23-41-39(6)49(63)42(29-51(41,8)9)65-47(62)27-25-45(59)60)16-12-13-17-35(2)19-15-21-37(4)28-38(5)48-40(7)50(64)43(30-52(48,10)11)66-46(61)26-24-44(58)54-53(31-55,32-56)33-57/h12-23,38,42-43,55-57H,24-33H2,1-11H3,(H,54,58)(H,59,60)/b13-12+,18-14+,19-15+,23-22+,34-16+,35-17+,36-20+,37-21+. The third-order valence-electron chi connectivity index (χ3n) is 11.9. The molecule has 5 N–H and O–H groups in total. The Kier molecular flexibility index (Phi) is 22.3. The highest BCUT2D eigenvalue weighted by Gasteiger charge is 2.43. The summed E-state index contributed by atoms with van der Waals surface area (Å²) in [5, 5.41) is 39.5. The highest BCUT2D eigenvalue weighted by molar-refractivity contribution is 6.02. The number of nitrogens with one attached hydrogen (secondary N) is 1. The lowest BCUT2D eigenvalue weighted by Gasteiger charge is -2.40. The van der Waals surface area contributed by atoms with Crippen molar-refractivity contribution in [1.29, 1.82) is 0 Å². The molecule has 2 aliphatic rings. The van der Waals surface area contributed by atoms with Crippen molar-refractivity contribution in [3.05, 3.63) is 117 Å². The van der Waals surface area contributed by atoms with E-state index in [0.717, 1.165) is 39.9 Å². The Hall–Kier alpha value is -5.50. The lowest BCUT2D eigenvalue weighted by molar-refractivity contribution is -0.157. The lowest BCUT2D eigenvalue weighted by atomic mass is 9.66. The molecule has 3 atom stereocenters. The number of aliphatic hydroxyl groups excluding tert-OH is 3. The van der Waals surface area contributed by atoms with Crippen molar-refractivity contribution in [2.75, 3.05) is 19.8 Å². The summed E-state index contributed by atoms with van der Waals surface area (Å²) in [6.07, 6.45) is 22.1. The van der Waals surface area contributed by atoms with Crippen LogP contribution in [-0.4, -0.2) is 93.4 Å². The largest absolute Gasteiger partial charge is 0.481 e. The number of ketones is 2. The van der Waals surface area contributed by atoms with Crippen LogP contribution in [0.4, 0.5) is 0 Å². The molecule has 0 radical (unpaired) electrons. The minimum Gasteiger partial charge on any atom is -0.481 e. The van der Waals surface area contributed by atoms with Gasteiger partial charge in [0.25, 0.3) is 0 Å². The molecule has 2 rings (SSSR count). The Morgan fingerprint density at radius 2 is 1.14 bits per heavy atom. The molecule has 2 aliphatic carbocycles. The highest BCUT2D eigenvalue weighted by atomic mass is 16.6. The predicted octanol–water partition coefficient (Wildman–Crippen LogP) is 7.95. The van der Waals surface area contributed by atoms with Gasteiger partial charge < -0.3 is 35.2 Å². The van der Waals surface area contributed by atoms with Crippen LogP contribution >= 0.6 is 0 Å². The van der Waals surface area contributed by atoms with Crippen LogP contribution in [0.3, 0.4) is 0 Å². The number of esters is 2. The maximum Gasteiger partial charge on any atom is 0.307 e. The molecular formula is C53H73NO12. The van der Waals surface area contributed by atoms with E-state index in [1.165, 1.54) is 0 Å². The average Bonchev–Trinajstić information content (AvgIpc) is 3.23. The van der Waals surface area contributed by atoms with Gasteiger partial charge in [0.15, 0.2) is 23.8 Å². The fourth-order valence-electron chi connectivity index (χ4n) is 8.33. The van der Waals surface area contributed by atoms with Gasteiger partial charge in [-0.05, 0) is 81.4 Å². The molecule has 0 saturated carbocycles. The number of hydrogen-bond donors (Lipinski definition) is 5. The second kappa shape index (κ2) is 26.0.